The molecule has 4 aromatic rings. The molecule has 0 atom stereocenters. The molecule has 5 rings (SSSR count). The van der Waals surface area contributed by atoms with E-state index in [1.54, 1.807) is 12.3 Å². The van der Waals surface area contributed by atoms with Gasteiger partial charge in [0.1, 0.15) is 12.0 Å². The highest BCUT2D eigenvalue weighted by molar-refractivity contribution is 5.80. The van der Waals surface area contributed by atoms with Crippen molar-refractivity contribution in [3.8, 4) is 17.0 Å². The van der Waals surface area contributed by atoms with Crippen molar-refractivity contribution in [3.05, 3.63) is 72.2 Å². The molecule has 3 heterocycles. The summed E-state index contributed by atoms with van der Waals surface area (Å²) in [5.41, 5.74) is 5.17. The minimum absolute atomic E-state index is 0.139. The van der Waals surface area contributed by atoms with E-state index >= 15 is 0 Å². The number of rotatable bonds is 9. The maximum atomic E-state index is 11.0. The van der Waals surface area contributed by atoms with Crippen molar-refractivity contribution in [1.29, 1.82) is 0 Å². The first-order valence-electron chi connectivity index (χ1n) is 13.5. The van der Waals surface area contributed by atoms with Crippen LogP contribution in [0.25, 0.3) is 16.9 Å². The van der Waals surface area contributed by atoms with Crippen molar-refractivity contribution in [1.82, 2.24) is 29.9 Å². The summed E-state index contributed by atoms with van der Waals surface area (Å²) in [5.74, 6) is 1.49. The molecule has 2 aromatic carbocycles. The van der Waals surface area contributed by atoms with Crippen molar-refractivity contribution in [2.45, 2.75) is 26.9 Å². The fraction of sp³-hybridized carbons (Fsp3) is 0.367. The number of piperazine rings is 1. The van der Waals surface area contributed by atoms with Gasteiger partial charge in [-0.05, 0) is 75.8 Å². The normalized spacial score (nSPS) is 13.7. The third-order valence-corrected chi connectivity index (χ3v) is 6.50. The van der Waals surface area contributed by atoms with Gasteiger partial charge < -0.3 is 20.7 Å². The van der Waals surface area contributed by atoms with E-state index in [1.165, 1.54) is 19.6 Å². The third kappa shape index (κ3) is 7.63. The smallest absolute Gasteiger partial charge is 0.180 e. The van der Waals surface area contributed by atoms with Crippen molar-refractivity contribution < 1.29 is 9.53 Å². The number of aldehydes is 1. The maximum absolute atomic E-state index is 11.0. The zero-order valence-electron chi connectivity index (χ0n) is 23.3. The highest BCUT2D eigenvalue weighted by Crippen LogP contribution is 2.27. The molecule has 9 heteroatoms. The van der Waals surface area contributed by atoms with Crippen LogP contribution < -0.4 is 20.7 Å². The molecule has 206 valence electrons. The summed E-state index contributed by atoms with van der Waals surface area (Å²) >= 11 is 0. The Morgan fingerprint density at radius 1 is 1.10 bits per heavy atom. The molecule has 0 unspecified atom stereocenters. The molecule has 0 radical (unpaired) electrons. The highest BCUT2D eigenvalue weighted by atomic mass is 16.5. The van der Waals surface area contributed by atoms with Gasteiger partial charge in [-0.1, -0.05) is 0 Å². The van der Waals surface area contributed by atoms with E-state index in [0.29, 0.717) is 11.4 Å². The number of fused-ring (bicyclic) bond motifs is 1. The molecule has 0 saturated carbocycles. The van der Waals surface area contributed by atoms with Crippen LogP contribution in [0.15, 0.2) is 61.1 Å². The summed E-state index contributed by atoms with van der Waals surface area (Å²) < 4.78 is 7.72. The molecule has 1 aliphatic heterocycles. The van der Waals surface area contributed by atoms with Crippen LogP contribution in [0.2, 0.25) is 0 Å². The van der Waals surface area contributed by atoms with Crippen molar-refractivity contribution in [2.75, 3.05) is 51.6 Å². The predicted molar refractivity (Wildman–Crippen MR) is 157 cm³/mol. The van der Waals surface area contributed by atoms with Gasteiger partial charge in [0.25, 0.3) is 0 Å². The molecule has 0 spiro atoms. The zero-order valence-corrected chi connectivity index (χ0v) is 23.3. The minimum Gasteiger partial charge on any atom is -0.491 e. The SMILES string of the molecule is CNCCN1CCNCC1.Cc1cc(Nc2nccn3c(-c4ccc(OC(C)C)cc4)cnc23)ccc1C=O. The van der Waals surface area contributed by atoms with Gasteiger partial charge in [-0.2, -0.15) is 0 Å². The first kappa shape index (κ1) is 28.2. The molecule has 9 nitrogen and oxygen atoms in total. The van der Waals surface area contributed by atoms with Crippen LogP contribution >= 0.6 is 0 Å². The lowest BCUT2D eigenvalue weighted by atomic mass is 10.1. The van der Waals surface area contributed by atoms with Gasteiger partial charge in [-0.3, -0.25) is 14.1 Å². The molecule has 1 fully saturated rings. The number of hydrogen-bond acceptors (Lipinski definition) is 8. The summed E-state index contributed by atoms with van der Waals surface area (Å²) in [4.78, 5) is 22.5. The average Bonchev–Trinajstić information content (AvgIpc) is 3.38. The van der Waals surface area contributed by atoms with Gasteiger partial charge in [0, 0.05) is 68.5 Å². The number of nitrogens with one attached hydrogen (secondary N) is 3. The Balaban J connectivity index is 0.000000298. The van der Waals surface area contributed by atoms with Crippen molar-refractivity contribution in [2.24, 2.45) is 0 Å². The Labute approximate surface area is 230 Å². The Bertz CT molecular complexity index is 1350. The van der Waals surface area contributed by atoms with E-state index in [-0.39, 0.29) is 6.10 Å². The van der Waals surface area contributed by atoms with E-state index < -0.39 is 0 Å². The number of aromatic nitrogens is 3. The second kappa shape index (κ2) is 13.8. The molecular formula is C30H39N7O2. The number of likely N-dealkylation sites (N-methyl/N-ethyl adjacent to an activating group) is 1. The van der Waals surface area contributed by atoms with E-state index in [4.69, 9.17) is 4.74 Å². The summed E-state index contributed by atoms with van der Waals surface area (Å²) in [6.45, 7) is 13.0. The fourth-order valence-electron chi connectivity index (χ4n) is 4.42. The topological polar surface area (TPSA) is 95.8 Å². The lowest BCUT2D eigenvalue weighted by Gasteiger charge is -2.26. The van der Waals surface area contributed by atoms with Crippen LogP contribution in [0.1, 0.15) is 29.8 Å². The fourth-order valence-corrected chi connectivity index (χ4v) is 4.42. The van der Waals surface area contributed by atoms with Gasteiger partial charge in [0.15, 0.2) is 11.5 Å². The predicted octanol–water partition coefficient (Wildman–Crippen LogP) is 4.16. The second-order valence-corrected chi connectivity index (χ2v) is 9.81. The first-order chi connectivity index (χ1) is 19.0. The van der Waals surface area contributed by atoms with E-state index in [0.717, 1.165) is 59.8 Å². The number of carbonyl (C=O) groups excluding carboxylic acids is 1. The largest absolute Gasteiger partial charge is 0.491 e. The lowest BCUT2D eigenvalue weighted by molar-refractivity contribution is 0.112. The van der Waals surface area contributed by atoms with Gasteiger partial charge in [0.2, 0.25) is 0 Å². The van der Waals surface area contributed by atoms with Crippen molar-refractivity contribution in [3.63, 3.8) is 0 Å². The molecule has 2 aromatic heterocycles. The van der Waals surface area contributed by atoms with E-state index in [1.807, 2.05) is 81.0 Å². The molecule has 1 aliphatic rings. The van der Waals surface area contributed by atoms with Crippen LogP contribution in [-0.2, 0) is 0 Å². The van der Waals surface area contributed by atoms with Crippen LogP contribution in [-0.4, -0.2) is 78.0 Å². The van der Waals surface area contributed by atoms with Gasteiger partial charge in [0.05, 0.1) is 18.0 Å². The Morgan fingerprint density at radius 2 is 1.87 bits per heavy atom. The number of benzene rings is 2. The number of carbonyl (C=O) groups is 1. The number of ether oxygens (including phenoxy) is 1. The molecule has 0 amide bonds. The molecule has 39 heavy (non-hydrogen) atoms. The molecule has 3 N–H and O–H groups in total. The molecule has 0 aliphatic carbocycles. The highest BCUT2D eigenvalue weighted by Gasteiger charge is 2.12. The number of hydrogen-bond donors (Lipinski definition) is 3. The summed E-state index contributed by atoms with van der Waals surface area (Å²) in [7, 11) is 2.00. The lowest BCUT2D eigenvalue weighted by Crippen LogP contribution is -2.45. The number of anilines is 2. The molecule has 1 saturated heterocycles. The van der Waals surface area contributed by atoms with Crippen LogP contribution in [0, 0.1) is 6.92 Å². The number of imidazole rings is 1. The van der Waals surface area contributed by atoms with Crippen molar-refractivity contribution >= 4 is 23.4 Å². The number of aryl methyl sites for hydroxylation is 1. The maximum Gasteiger partial charge on any atom is 0.180 e. The van der Waals surface area contributed by atoms with Crippen LogP contribution in [0.4, 0.5) is 11.5 Å². The quantitative estimate of drug-likeness (QED) is 0.278. The Kier molecular flexibility index (Phi) is 10.0. The second-order valence-electron chi connectivity index (χ2n) is 9.81. The average molecular weight is 530 g/mol. The third-order valence-electron chi connectivity index (χ3n) is 6.50. The van der Waals surface area contributed by atoms with Crippen LogP contribution in [0.3, 0.4) is 0 Å². The van der Waals surface area contributed by atoms with Gasteiger partial charge in [-0.25, -0.2) is 9.97 Å². The van der Waals surface area contributed by atoms with Crippen LogP contribution in [0.5, 0.6) is 5.75 Å². The monoisotopic (exact) mass is 529 g/mol. The summed E-state index contributed by atoms with van der Waals surface area (Å²) in [5, 5.41) is 9.79. The van der Waals surface area contributed by atoms with Gasteiger partial charge >= 0.3 is 0 Å². The Morgan fingerprint density at radius 3 is 2.54 bits per heavy atom. The Hall–Kier alpha value is -3.79. The van der Waals surface area contributed by atoms with E-state index in [9.17, 15) is 4.79 Å². The zero-order chi connectivity index (χ0) is 27.6. The summed E-state index contributed by atoms with van der Waals surface area (Å²) in [6.07, 6.45) is 6.46. The molecule has 0 bridgehead atoms. The standard InChI is InChI=1S/C23H22N4O2.C7H17N3/c1-15(2)29-20-8-5-17(6-9-20)21-13-25-23-22(24-10-11-27(21)23)26-19-7-4-18(14-28)16(3)12-19;1-8-2-5-10-6-3-9-4-7-10/h4-15H,1-3H3,(H,24,26);8-9H,2-7H2,1H3. The first-order valence-corrected chi connectivity index (χ1v) is 13.5. The summed E-state index contributed by atoms with van der Waals surface area (Å²) in [6, 6.07) is 13.6. The van der Waals surface area contributed by atoms with Gasteiger partial charge in [-0.15, -0.1) is 0 Å². The molecular weight excluding hydrogens is 490 g/mol. The minimum atomic E-state index is 0.139. The number of nitrogens with zero attached hydrogens (tertiary/aromatic N) is 4. The van der Waals surface area contributed by atoms with E-state index in [2.05, 4.69) is 30.8 Å².